The molecule has 0 saturated heterocycles. The summed E-state index contributed by atoms with van der Waals surface area (Å²) in [5, 5.41) is 6.47. The van der Waals surface area contributed by atoms with Crippen molar-refractivity contribution in [2.75, 3.05) is 11.9 Å². The second-order valence-electron chi connectivity index (χ2n) is 5.81. The number of halogens is 2. The summed E-state index contributed by atoms with van der Waals surface area (Å²) >= 11 is 0. The zero-order valence-corrected chi connectivity index (χ0v) is 13.8. The zero-order chi connectivity index (χ0) is 18.5. The summed E-state index contributed by atoms with van der Waals surface area (Å²) in [6.07, 6.45) is 5.07. The third kappa shape index (κ3) is 4.41. The molecule has 1 aliphatic carbocycles. The van der Waals surface area contributed by atoms with Gasteiger partial charge in [-0.3, -0.25) is 0 Å². The quantitative estimate of drug-likeness (QED) is 0.252. The van der Waals surface area contributed by atoms with Crippen molar-refractivity contribution in [2.24, 2.45) is 16.8 Å². The van der Waals surface area contributed by atoms with Crippen LogP contribution in [0.25, 0.3) is 0 Å². The molecule has 1 unspecified atom stereocenters. The van der Waals surface area contributed by atoms with Crippen LogP contribution in [0.4, 0.5) is 14.7 Å². The van der Waals surface area contributed by atoms with E-state index in [1.165, 1.54) is 24.5 Å². The van der Waals surface area contributed by atoms with Gasteiger partial charge in [-0.2, -0.15) is 5.10 Å². The summed E-state index contributed by atoms with van der Waals surface area (Å²) in [6.45, 7) is 0.207. The van der Waals surface area contributed by atoms with E-state index in [1.807, 2.05) is 0 Å². The number of nitrogens with zero attached hydrogens (tertiary/aromatic N) is 3. The second-order valence-corrected chi connectivity index (χ2v) is 5.81. The van der Waals surface area contributed by atoms with Crippen LogP contribution in [-0.4, -0.2) is 28.5 Å². The van der Waals surface area contributed by atoms with E-state index >= 15 is 0 Å². The lowest BCUT2D eigenvalue weighted by molar-refractivity contribution is 0.110. The van der Waals surface area contributed by atoms with Crippen molar-refractivity contribution in [2.45, 2.75) is 25.0 Å². The van der Waals surface area contributed by atoms with Crippen molar-refractivity contribution in [1.29, 1.82) is 0 Å². The highest BCUT2D eigenvalue weighted by atomic mass is 19.1. The Labute approximate surface area is 148 Å². The Morgan fingerprint density at radius 2 is 2.04 bits per heavy atom. The Hall–Kier alpha value is -2.85. The molecule has 0 spiro atoms. The molecule has 2 aromatic rings. The molecule has 0 aliphatic heterocycles. The van der Waals surface area contributed by atoms with E-state index in [4.69, 9.17) is 16.4 Å². The molecule has 6 N–H and O–H groups in total. The fraction of sp³-hybridized carbons (Fsp3) is 0.312. The maximum Gasteiger partial charge on any atom is 0.223 e. The van der Waals surface area contributed by atoms with Crippen molar-refractivity contribution < 1.29 is 13.5 Å². The highest BCUT2D eigenvalue weighted by Crippen LogP contribution is 2.27. The van der Waals surface area contributed by atoms with Gasteiger partial charge in [-0.15, -0.1) is 0 Å². The smallest absolute Gasteiger partial charge is 0.223 e. The molecule has 1 aromatic carbocycles. The van der Waals surface area contributed by atoms with Crippen molar-refractivity contribution in [3.63, 3.8) is 0 Å². The van der Waals surface area contributed by atoms with Gasteiger partial charge < -0.3 is 21.3 Å². The third-order valence-electron chi connectivity index (χ3n) is 3.86. The monoisotopic (exact) mass is 363 g/mol. The minimum Gasteiger partial charge on any atom is -0.376 e. The van der Waals surface area contributed by atoms with Crippen LogP contribution in [0.1, 0.15) is 30.0 Å². The average Bonchev–Trinajstić information content (AvgIpc) is 3.46. The van der Waals surface area contributed by atoms with Crippen LogP contribution in [0.5, 0.6) is 0 Å². The number of ether oxygens (including phenoxy) is 1. The number of nitrogens with one attached hydrogen (secondary N) is 2. The largest absolute Gasteiger partial charge is 0.376 e. The molecule has 138 valence electrons. The van der Waals surface area contributed by atoms with Crippen LogP contribution < -0.4 is 22.4 Å². The first-order valence-electron chi connectivity index (χ1n) is 8.00. The molecule has 8 nitrogen and oxygen atoms in total. The highest BCUT2D eigenvalue weighted by molar-refractivity contribution is 5.97. The predicted octanol–water partition coefficient (Wildman–Crippen LogP) is 1.17. The predicted molar refractivity (Wildman–Crippen MR) is 91.8 cm³/mol. The summed E-state index contributed by atoms with van der Waals surface area (Å²) in [4.78, 5) is 8.29. The maximum absolute atomic E-state index is 14.2. The van der Waals surface area contributed by atoms with E-state index in [2.05, 4.69) is 25.8 Å². The van der Waals surface area contributed by atoms with Gasteiger partial charge in [0.1, 0.15) is 11.6 Å². The van der Waals surface area contributed by atoms with Gasteiger partial charge in [0.25, 0.3) is 0 Å². The van der Waals surface area contributed by atoms with Crippen LogP contribution in [0.3, 0.4) is 0 Å². The summed E-state index contributed by atoms with van der Waals surface area (Å²) in [7, 11) is 0. The molecule has 1 aliphatic rings. The van der Waals surface area contributed by atoms with Gasteiger partial charge >= 0.3 is 0 Å². The van der Waals surface area contributed by atoms with E-state index in [9.17, 15) is 8.78 Å². The van der Waals surface area contributed by atoms with Crippen LogP contribution in [0.15, 0.2) is 35.7 Å². The van der Waals surface area contributed by atoms with Crippen LogP contribution in [0, 0.1) is 11.6 Å². The molecule has 1 fully saturated rings. The first-order chi connectivity index (χ1) is 12.6. The van der Waals surface area contributed by atoms with Gasteiger partial charge in [0.05, 0.1) is 24.3 Å². The first-order valence-corrected chi connectivity index (χ1v) is 8.00. The molecule has 0 bridgehead atoms. The van der Waals surface area contributed by atoms with Gasteiger partial charge in [0, 0.05) is 24.0 Å². The van der Waals surface area contributed by atoms with Gasteiger partial charge in [-0.25, -0.2) is 24.6 Å². The molecular formula is C16H19F2N7O. The SMILES string of the molecule is N/N=C(\NN)c1cnc(NC(COC2CC2)c2ccc(F)cc2F)nc1. The lowest BCUT2D eigenvalue weighted by atomic mass is 10.1. The molecule has 10 heteroatoms. The average molecular weight is 363 g/mol. The van der Waals surface area contributed by atoms with Gasteiger partial charge in [0.2, 0.25) is 5.95 Å². The Morgan fingerprint density at radius 1 is 1.31 bits per heavy atom. The van der Waals surface area contributed by atoms with Crippen LogP contribution >= 0.6 is 0 Å². The Bertz CT molecular complexity index is 781. The zero-order valence-electron chi connectivity index (χ0n) is 13.8. The summed E-state index contributed by atoms with van der Waals surface area (Å²) < 4.78 is 33.1. The van der Waals surface area contributed by atoms with Gasteiger partial charge in [-0.1, -0.05) is 6.07 Å². The number of hydrogen-bond donors (Lipinski definition) is 4. The van der Waals surface area contributed by atoms with E-state index in [0.29, 0.717) is 5.56 Å². The van der Waals surface area contributed by atoms with Gasteiger partial charge in [0.15, 0.2) is 5.84 Å². The number of hydrogen-bond acceptors (Lipinski definition) is 7. The number of benzene rings is 1. The number of aromatic nitrogens is 2. The molecule has 1 aromatic heterocycles. The number of nitrogens with two attached hydrogens (primary N) is 2. The molecule has 1 saturated carbocycles. The van der Waals surface area contributed by atoms with Crippen molar-refractivity contribution >= 4 is 11.8 Å². The van der Waals surface area contributed by atoms with E-state index in [0.717, 1.165) is 18.9 Å². The summed E-state index contributed by atoms with van der Waals surface area (Å²) in [5.74, 6) is 9.65. The Kier molecular flexibility index (Phi) is 5.54. The molecule has 0 radical (unpaired) electrons. The van der Waals surface area contributed by atoms with Crippen molar-refractivity contribution in [1.82, 2.24) is 15.4 Å². The second kappa shape index (κ2) is 8.02. The topological polar surface area (TPSA) is 123 Å². The van der Waals surface area contributed by atoms with E-state index < -0.39 is 17.7 Å². The molecule has 0 amide bonds. The number of hydrazine groups is 1. The summed E-state index contributed by atoms with van der Waals surface area (Å²) in [6, 6.07) is 2.84. The number of rotatable bonds is 7. The van der Waals surface area contributed by atoms with E-state index in [1.54, 1.807) is 0 Å². The fourth-order valence-electron chi connectivity index (χ4n) is 2.34. The highest BCUT2D eigenvalue weighted by Gasteiger charge is 2.25. The molecule has 1 atom stereocenters. The van der Waals surface area contributed by atoms with Crippen molar-refractivity contribution in [3.05, 3.63) is 53.4 Å². The Morgan fingerprint density at radius 3 is 2.62 bits per heavy atom. The van der Waals surface area contributed by atoms with E-state index in [-0.39, 0.29) is 30.1 Å². The van der Waals surface area contributed by atoms with Crippen LogP contribution in [0.2, 0.25) is 0 Å². The molecular weight excluding hydrogens is 344 g/mol. The molecule has 1 heterocycles. The lowest BCUT2D eigenvalue weighted by Gasteiger charge is -2.20. The maximum atomic E-state index is 14.2. The number of amidine groups is 1. The fourth-order valence-corrected chi connectivity index (χ4v) is 2.34. The Balaban J connectivity index is 1.78. The molecule has 3 rings (SSSR count). The summed E-state index contributed by atoms with van der Waals surface area (Å²) in [5.41, 5.74) is 3.08. The number of hydrazone groups is 1. The molecule has 26 heavy (non-hydrogen) atoms. The minimum atomic E-state index is -0.664. The third-order valence-corrected chi connectivity index (χ3v) is 3.86. The standard InChI is InChI=1S/C16H19F2N7O/c17-10-1-4-12(13(18)5-10)14(8-26-11-2-3-11)23-16-21-6-9(7-22-16)15(24-19)25-20/h1,4-7,11,14H,2-3,8,19-20H2,(H,24,25)(H,21,22,23). The first kappa shape index (κ1) is 18.0. The van der Waals surface area contributed by atoms with Crippen molar-refractivity contribution in [3.8, 4) is 0 Å². The number of anilines is 1. The lowest BCUT2D eigenvalue weighted by Crippen LogP contribution is -2.32. The minimum absolute atomic E-state index is 0.185. The van der Waals surface area contributed by atoms with Crippen LogP contribution in [-0.2, 0) is 4.74 Å². The normalized spacial score (nSPS) is 15.6. The van der Waals surface area contributed by atoms with Gasteiger partial charge in [-0.05, 0) is 18.9 Å².